The van der Waals surface area contributed by atoms with Gasteiger partial charge in [0.2, 0.25) is 17.6 Å². The number of benzene rings is 3. The predicted molar refractivity (Wildman–Crippen MR) is 218 cm³/mol. The maximum absolute atomic E-state index is 13.8. The van der Waals surface area contributed by atoms with Gasteiger partial charge in [-0.15, -0.1) is 10.2 Å². The number of hydrogen-bond donors (Lipinski definition) is 6. The summed E-state index contributed by atoms with van der Waals surface area (Å²) >= 11 is 0. The molecule has 1 aromatic heterocycles. The minimum Gasteiger partial charge on any atom is -0.465 e. The van der Waals surface area contributed by atoms with Crippen molar-refractivity contribution in [2.24, 2.45) is 17.3 Å². The van der Waals surface area contributed by atoms with Gasteiger partial charge in [-0.3, -0.25) is 14.4 Å². The van der Waals surface area contributed by atoms with Crippen molar-refractivity contribution >= 4 is 29.5 Å². The Bertz CT molecular complexity index is 2010. The second-order valence-corrected chi connectivity index (χ2v) is 16.6. The third-order valence-electron chi connectivity index (χ3n) is 11.9. The van der Waals surface area contributed by atoms with Crippen LogP contribution in [0.5, 0.6) is 0 Å². The van der Waals surface area contributed by atoms with Crippen molar-refractivity contribution in [1.29, 1.82) is 0 Å². The van der Waals surface area contributed by atoms with Crippen molar-refractivity contribution in [2.75, 3.05) is 26.0 Å². The van der Waals surface area contributed by atoms with E-state index in [4.69, 9.17) is 5.11 Å². The van der Waals surface area contributed by atoms with E-state index >= 15 is 0 Å². The minimum atomic E-state index is -1.05. The van der Waals surface area contributed by atoms with Gasteiger partial charge in [-0.05, 0) is 141 Å². The Morgan fingerprint density at radius 1 is 0.912 bits per heavy atom. The average molecular weight is 778 g/mol. The molecule has 57 heavy (non-hydrogen) atoms. The van der Waals surface area contributed by atoms with Gasteiger partial charge in [0.25, 0.3) is 5.91 Å². The van der Waals surface area contributed by atoms with Crippen LogP contribution in [-0.4, -0.2) is 93.2 Å². The zero-order chi connectivity index (χ0) is 40.7. The number of carboxylic acid groups (broad SMARTS) is 1. The summed E-state index contributed by atoms with van der Waals surface area (Å²) < 4.78 is 0. The number of aromatic nitrogens is 4. The maximum atomic E-state index is 13.8. The van der Waals surface area contributed by atoms with Crippen LogP contribution in [-0.2, 0) is 16.0 Å². The van der Waals surface area contributed by atoms with Gasteiger partial charge in [0.05, 0.1) is 0 Å². The van der Waals surface area contributed by atoms with E-state index in [-0.39, 0.29) is 47.4 Å². The Labute approximate surface area is 334 Å². The first kappa shape index (κ1) is 41.0. The van der Waals surface area contributed by atoms with Crippen molar-refractivity contribution in [1.82, 2.24) is 41.5 Å². The van der Waals surface area contributed by atoms with E-state index in [1.54, 1.807) is 24.3 Å². The minimum absolute atomic E-state index is 0.00749. The molecule has 4 aromatic rings. The van der Waals surface area contributed by atoms with Gasteiger partial charge in [0.15, 0.2) is 0 Å². The highest BCUT2D eigenvalue weighted by Gasteiger charge is 2.38. The standard InChI is InChI=1S/C43H55N9O5/c1-26-22-32(40(54)47-37-21-19-34(52(4)5)24-43(37,2)3)16-20-35(26)29-10-6-27(7-11-29)23-36(46-39(53)31-12-8-28(9-13-31)25-44-42(56)57)41(55)45-33-17-14-30(15-18-33)38-48-50-51-49-38/h6-7,10-11,14-18,20,22,28,31,34,36-37,44H,8-9,12-13,19,21,23-25H2,1-5H3,(H,45,55)(H,46,53)(H,47,54)(H,56,57)(H,48,49,50,51)/t28?,31?,34?,36-,37?/m0/s1. The fourth-order valence-electron chi connectivity index (χ4n) is 8.31. The molecule has 6 rings (SSSR count). The van der Waals surface area contributed by atoms with Gasteiger partial charge in [-0.1, -0.05) is 44.2 Å². The van der Waals surface area contributed by atoms with E-state index in [9.17, 15) is 19.2 Å². The van der Waals surface area contributed by atoms with Gasteiger partial charge < -0.3 is 31.3 Å². The molecule has 4 amide bonds. The summed E-state index contributed by atoms with van der Waals surface area (Å²) in [5, 5.41) is 34.7. The predicted octanol–water partition coefficient (Wildman–Crippen LogP) is 5.82. The first-order valence-corrected chi connectivity index (χ1v) is 19.8. The van der Waals surface area contributed by atoms with Crippen LogP contribution in [0.3, 0.4) is 0 Å². The highest BCUT2D eigenvalue weighted by molar-refractivity contribution is 5.98. The molecule has 2 aliphatic carbocycles. The van der Waals surface area contributed by atoms with Crippen molar-refractivity contribution < 1.29 is 24.3 Å². The van der Waals surface area contributed by atoms with Gasteiger partial charge in [0.1, 0.15) is 6.04 Å². The number of aromatic amines is 1. The lowest BCUT2D eigenvalue weighted by Gasteiger charge is -2.44. The summed E-state index contributed by atoms with van der Waals surface area (Å²) in [4.78, 5) is 54.0. The molecule has 14 nitrogen and oxygen atoms in total. The van der Waals surface area contributed by atoms with Crippen LogP contribution >= 0.6 is 0 Å². The van der Waals surface area contributed by atoms with Crippen LogP contribution in [0.15, 0.2) is 66.7 Å². The third-order valence-corrected chi connectivity index (χ3v) is 11.9. The Hall–Kier alpha value is -5.63. The lowest BCUT2D eigenvalue weighted by atomic mass is 9.71. The number of H-pyrrole nitrogens is 1. The van der Waals surface area contributed by atoms with Crippen molar-refractivity contribution in [3.8, 4) is 22.5 Å². The van der Waals surface area contributed by atoms with E-state index in [0.29, 0.717) is 42.5 Å². The van der Waals surface area contributed by atoms with E-state index in [2.05, 4.69) is 74.7 Å². The summed E-state index contributed by atoms with van der Waals surface area (Å²) in [6.45, 7) is 6.85. The first-order chi connectivity index (χ1) is 27.3. The van der Waals surface area contributed by atoms with Crippen LogP contribution in [0.25, 0.3) is 22.5 Å². The molecule has 0 radical (unpaired) electrons. The summed E-state index contributed by atoms with van der Waals surface area (Å²) in [6, 6.07) is 20.6. The maximum Gasteiger partial charge on any atom is 0.404 e. The van der Waals surface area contributed by atoms with Crippen LogP contribution in [0.2, 0.25) is 0 Å². The number of rotatable bonds is 13. The molecule has 6 N–H and O–H groups in total. The van der Waals surface area contributed by atoms with E-state index in [0.717, 1.165) is 59.9 Å². The van der Waals surface area contributed by atoms with Crippen molar-refractivity contribution in [3.63, 3.8) is 0 Å². The van der Waals surface area contributed by atoms with Crippen LogP contribution in [0.4, 0.5) is 10.5 Å². The second kappa shape index (κ2) is 18.1. The van der Waals surface area contributed by atoms with Crippen LogP contribution in [0, 0.1) is 24.2 Å². The van der Waals surface area contributed by atoms with Gasteiger partial charge in [0, 0.05) is 47.8 Å². The molecule has 0 saturated heterocycles. The van der Waals surface area contributed by atoms with E-state index in [1.165, 1.54) is 0 Å². The zero-order valence-corrected chi connectivity index (χ0v) is 33.5. The largest absolute Gasteiger partial charge is 0.465 e. The molecule has 2 fully saturated rings. The molecule has 0 bridgehead atoms. The van der Waals surface area contributed by atoms with Gasteiger partial charge >= 0.3 is 6.09 Å². The van der Waals surface area contributed by atoms with Gasteiger partial charge in [-0.25, -0.2) is 4.79 Å². The monoisotopic (exact) mass is 777 g/mol. The van der Waals surface area contributed by atoms with Crippen LogP contribution in [0.1, 0.15) is 80.3 Å². The lowest BCUT2D eigenvalue weighted by molar-refractivity contribution is -0.130. The normalized spacial score (nSPS) is 20.9. The molecule has 2 saturated carbocycles. The molecule has 3 aromatic carbocycles. The number of nitrogens with zero attached hydrogens (tertiary/aromatic N) is 4. The smallest absolute Gasteiger partial charge is 0.404 e. The second-order valence-electron chi connectivity index (χ2n) is 16.6. The Balaban J connectivity index is 1.12. The first-order valence-electron chi connectivity index (χ1n) is 19.8. The summed E-state index contributed by atoms with van der Waals surface area (Å²) in [6.07, 6.45) is 4.94. The zero-order valence-electron chi connectivity index (χ0n) is 33.5. The highest BCUT2D eigenvalue weighted by atomic mass is 16.4. The summed E-state index contributed by atoms with van der Waals surface area (Å²) in [5.41, 5.74) is 5.75. The number of carbonyl (C=O) groups is 4. The Kier molecular flexibility index (Phi) is 13.0. The number of amides is 4. The summed E-state index contributed by atoms with van der Waals surface area (Å²) in [7, 11) is 4.24. The number of hydrogen-bond acceptors (Lipinski definition) is 8. The number of anilines is 1. The molecule has 1 heterocycles. The fourth-order valence-corrected chi connectivity index (χ4v) is 8.31. The molecule has 2 aliphatic rings. The highest BCUT2D eigenvalue weighted by Crippen LogP contribution is 2.37. The van der Waals surface area contributed by atoms with E-state index in [1.807, 2.05) is 49.4 Å². The molecule has 14 heteroatoms. The molecular formula is C43H55N9O5. The topological polar surface area (TPSA) is 194 Å². The molecule has 302 valence electrons. The lowest BCUT2D eigenvalue weighted by Crippen LogP contribution is -2.51. The number of nitrogens with one attached hydrogen (secondary N) is 5. The fraction of sp³-hybridized carbons (Fsp3) is 0.465. The molecule has 0 aliphatic heterocycles. The Morgan fingerprint density at radius 2 is 1.61 bits per heavy atom. The van der Waals surface area contributed by atoms with Gasteiger partial charge in [-0.2, -0.15) is 5.21 Å². The van der Waals surface area contributed by atoms with Crippen molar-refractivity contribution in [3.05, 3.63) is 83.4 Å². The number of aryl methyl sites for hydroxylation is 1. The number of tetrazole rings is 1. The van der Waals surface area contributed by atoms with E-state index < -0.39 is 12.1 Å². The third kappa shape index (κ3) is 10.6. The molecule has 0 spiro atoms. The van der Waals surface area contributed by atoms with Crippen LogP contribution < -0.4 is 21.3 Å². The molecule has 3 atom stereocenters. The number of carbonyl (C=O) groups excluding carboxylic acids is 3. The van der Waals surface area contributed by atoms with Crippen molar-refractivity contribution in [2.45, 2.75) is 90.3 Å². The Morgan fingerprint density at radius 3 is 2.23 bits per heavy atom. The molecular weight excluding hydrogens is 723 g/mol. The molecule has 2 unspecified atom stereocenters. The average Bonchev–Trinajstić information content (AvgIpc) is 3.73. The SMILES string of the molecule is Cc1cc(C(=O)NC2CCC(N(C)C)CC2(C)C)ccc1-c1ccc(C[C@H](NC(=O)C2CCC(CNC(=O)O)CC2)C(=O)Nc2ccc(-c3nn[nH]n3)cc2)cc1. The summed E-state index contributed by atoms with van der Waals surface area (Å²) in [5.74, 6) is -0.245. The quantitative estimate of drug-likeness (QED) is 0.0970.